The van der Waals surface area contributed by atoms with Crippen LogP contribution in [0.5, 0.6) is 0 Å². The molecule has 0 spiro atoms. The summed E-state index contributed by atoms with van der Waals surface area (Å²) in [6.07, 6.45) is 9.57. The van der Waals surface area contributed by atoms with Gasteiger partial charge in [0.1, 0.15) is 0 Å². The van der Waals surface area contributed by atoms with Crippen molar-refractivity contribution in [1.29, 1.82) is 0 Å². The van der Waals surface area contributed by atoms with E-state index in [9.17, 15) is 0 Å². The number of allylic oxidation sites excluding steroid dienone is 1. The van der Waals surface area contributed by atoms with Crippen molar-refractivity contribution < 1.29 is 0 Å². The summed E-state index contributed by atoms with van der Waals surface area (Å²) < 4.78 is 0. The first-order chi connectivity index (χ1) is 8.93. The van der Waals surface area contributed by atoms with E-state index in [-0.39, 0.29) is 0 Å². The molecule has 0 amide bonds. The van der Waals surface area contributed by atoms with Crippen LogP contribution in [0.1, 0.15) is 28.7 Å². The number of hydrogen-bond donors (Lipinski definition) is 0. The molecule has 4 rings (SSSR count). The van der Waals surface area contributed by atoms with Gasteiger partial charge >= 0.3 is 0 Å². The van der Waals surface area contributed by atoms with E-state index >= 15 is 0 Å². The molecule has 0 fully saturated rings. The maximum absolute atomic E-state index is 2.45. The molecule has 0 bridgehead atoms. The highest BCUT2D eigenvalue weighted by Gasteiger charge is 2.22. The fourth-order valence-electron chi connectivity index (χ4n) is 3.42. The standard InChI is InChI=1S/C18H16/c1-2-6-13(7-3-1)18-16-10-4-8-14(16)12-15-9-5-11-17(15)18/h1-4,6-7,10,12H,5,8-9,11H2. The summed E-state index contributed by atoms with van der Waals surface area (Å²) in [5, 5.41) is 0. The summed E-state index contributed by atoms with van der Waals surface area (Å²) >= 11 is 0. The van der Waals surface area contributed by atoms with E-state index in [0.29, 0.717) is 0 Å². The minimum Gasteiger partial charge on any atom is -0.0795 e. The Morgan fingerprint density at radius 3 is 2.67 bits per heavy atom. The Kier molecular flexibility index (Phi) is 2.16. The Hall–Kier alpha value is -1.82. The van der Waals surface area contributed by atoms with Crippen LogP contribution in [0.3, 0.4) is 0 Å². The van der Waals surface area contributed by atoms with Crippen molar-refractivity contribution in [3.05, 3.63) is 64.7 Å². The van der Waals surface area contributed by atoms with Gasteiger partial charge in [0.15, 0.2) is 0 Å². The fourth-order valence-corrected chi connectivity index (χ4v) is 3.42. The van der Waals surface area contributed by atoms with Crippen LogP contribution in [-0.2, 0) is 19.3 Å². The highest BCUT2D eigenvalue weighted by Crippen LogP contribution is 2.40. The molecule has 0 nitrogen and oxygen atoms in total. The highest BCUT2D eigenvalue weighted by atomic mass is 14.3. The van der Waals surface area contributed by atoms with Gasteiger partial charge in [-0.1, -0.05) is 48.6 Å². The van der Waals surface area contributed by atoms with Crippen molar-refractivity contribution >= 4 is 6.08 Å². The van der Waals surface area contributed by atoms with Gasteiger partial charge in [-0.3, -0.25) is 0 Å². The van der Waals surface area contributed by atoms with E-state index in [2.05, 4.69) is 48.6 Å². The molecule has 2 aliphatic carbocycles. The molecule has 0 heteroatoms. The SMILES string of the molecule is C1=Cc2c(cc3c(c2-c2ccccc2)CCC3)C1. The highest BCUT2D eigenvalue weighted by molar-refractivity contribution is 5.83. The zero-order valence-corrected chi connectivity index (χ0v) is 10.4. The summed E-state index contributed by atoms with van der Waals surface area (Å²) in [5.74, 6) is 0. The Balaban J connectivity index is 2.04. The Bertz CT molecular complexity index is 632. The number of benzene rings is 2. The molecule has 88 valence electrons. The first-order valence-electron chi connectivity index (χ1n) is 6.83. The lowest BCUT2D eigenvalue weighted by molar-refractivity contribution is 0.912. The topological polar surface area (TPSA) is 0 Å². The van der Waals surface area contributed by atoms with Crippen molar-refractivity contribution in [1.82, 2.24) is 0 Å². The maximum Gasteiger partial charge on any atom is -0.00738 e. The second-order valence-corrected chi connectivity index (χ2v) is 5.29. The first kappa shape index (κ1) is 10.1. The maximum atomic E-state index is 2.45. The largest absolute Gasteiger partial charge is 0.0795 e. The van der Waals surface area contributed by atoms with E-state index < -0.39 is 0 Å². The van der Waals surface area contributed by atoms with Crippen LogP contribution in [0.15, 0.2) is 42.5 Å². The third kappa shape index (κ3) is 1.38. The van der Waals surface area contributed by atoms with Crippen molar-refractivity contribution in [3.63, 3.8) is 0 Å². The van der Waals surface area contributed by atoms with Gasteiger partial charge in [0.05, 0.1) is 0 Å². The normalized spacial score (nSPS) is 15.8. The van der Waals surface area contributed by atoms with Crippen LogP contribution < -0.4 is 0 Å². The molecule has 0 saturated heterocycles. The van der Waals surface area contributed by atoms with Crippen LogP contribution in [0.25, 0.3) is 17.2 Å². The van der Waals surface area contributed by atoms with E-state index in [1.165, 1.54) is 41.5 Å². The predicted molar refractivity (Wildman–Crippen MR) is 76.6 cm³/mol. The van der Waals surface area contributed by atoms with Crippen molar-refractivity contribution in [2.45, 2.75) is 25.7 Å². The molecule has 0 aliphatic heterocycles. The average molecular weight is 232 g/mol. The fraction of sp³-hybridized carbons (Fsp3) is 0.222. The molecular formula is C18H16. The monoisotopic (exact) mass is 232 g/mol. The first-order valence-corrected chi connectivity index (χ1v) is 6.83. The van der Waals surface area contributed by atoms with Gasteiger partial charge < -0.3 is 0 Å². The lowest BCUT2D eigenvalue weighted by atomic mass is 9.90. The molecule has 2 aliphatic rings. The zero-order valence-electron chi connectivity index (χ0n) is 10.4. The van der Waals surface area contributed by atoms with Crippen molar-refractivity contribution in [2.24, 2.45) is 0 Å². The number of aryl methyl sites for hydroxylation is 1. The third-order valence-electron chi connectivity index (χ3n) is 4.21. The third-order valence-corrected chi connectivity index (χ3v) is 4.21. The molecule has 0 heterocycles. The summed E-state index contributed by atoms with van der Waals surface area (Å²) in [7, 11) is 0. The van der Waals surface area contributed by atoms with E-state index in [1.54, 1.807) is 11.1 Å². The van der Waals surface area contributed by atoms with Gasteiger partial charge in [-0.25, -0.2) is 0 Å². The average Bonchev–Trinajstić information content (AvgIpc) is 3.04. The molecule has 0 unspecified atom stereocenters. The quantitative estimate of drug-likeness (QED) is 0.683. The van der Waals surface area contributed by atoms with Crippen molar-refractivity contribution in [2.75, 3.05) is 0 Å². The smallest absolute Gasteiger partial charge is 0.00738 e. The molecule has 18 heavy (non-hydrogen) atoms. The van der Waals surface area contributed by atoms with Crippen LogP contribution in [-0.4, -0.2) is 0 Å². The second-order valence-electron chi connectivity index (χ2n) is 5.29. The minimum absolute atomic E-state index is 1.11. The van der Waals surface area contributed by atoms with Gasteiger partial charge in [-0.15, -0.1) is 0 Å². The van der Waals surface area contributed by atoms with Gasteiger partial charge in [-0.05, 0) is 59.1 Å². The molecule has 0 aromatic heterocycles. The Labute approximate surface area is 108 Å². The second kappa shape index (κ2) is 3.84. The molecule has 2 aromatic carbocycles. The number of fused-ring (bicyclic) bond motifs is 2. The predicted octanol–water partition coefficient (Wildman–Crippen LogP) is 4.41. The lowest BCUT2D eigenvalue weighted by Gasteiger charge is -2.14. The van der Waals surface area contributed by atoms with Crippen molar-refractivity contribution in [3.8, 4) is 11.1 Å². The van der Waals surface area contributed by atoms with Crippen LogP contribution in [0, 0.1) is 0 Å². The van der Waals surface area contributed by atoms with Crippen LogP contribution in [0.4, 0.5) is 0 Å². The Morgan fingerprint density at radius 2 is 1.78 bits per heavy atom. The molecule has 0 saturated carbocycles. The summed E-state index contributed by atoms with van der Waals surface area (Å²) in [6.45, 7) is 0. The molecule has 0 radical (unpaired) electrons. The molecule has 0 N–H and O–H groups in total. The van der Waals surface area contributed by atoms with Crippen LogP contribution in [0.2, 0.25) is 0 Å². The zero-order chi connectivity index (χ0) is 11.9. The number of rotatable bonds is 1. The lowest BCUT2D eigenvalue weighted by Crippen LogP contribution is -1.95. The summed E-state index contributed by atoms with van der Waals surface area (Å²) in [4.78, 5) is 0. The molecule has 2 aromatic rings. The van der Waals surface area contributed by atoms with Gasteiger partial charge in [-0.2, -0.15) is 0 Å². The van der Waals surface area contributed by atoms with E-state index in [1.807, 2.05) is 0 Å². The van der Waals surface area contributed by atoms with E-state index in [4.69, 9.17) is 0 Å². The van der Waals surface area contributed by atoms with Gasteiger partial charge in [0, 0.05) is 0 Å². The minimum atomic E-state index is 1.11. The Morgan fingerprint density at radius 1 is 0.889 bits per heavy atom. The van der Waals surface area contributed by atoms with Gasteiger partial charge in [0.25, 0.3) is 0 Å². The number of hydrogen-bond acceptors (Lipinski definition) is 0. The molecule has 0 atom stereocenters. The van der Waals surface area contributed by atoms with Crippen LogP contribution >= 0.6 is 0 Å². The van der Waals surface area contributed by atoms with E-state index in [0.717, 1.165) is 6.42 Å². The summed E-state index contributed by atoms with van der Waals surface area (Å²) in [6, 6.07) is 13.3. The molecular weight excluding hydrogens is 216 g/mol. The van der Waals surface area contributed by atoms with Gasteiger partial charge in [0.2, 0.25) is 0 Å². The summed E-state index contributed by atoms with van der Waals surface area (Å²) in [5.41, 5.74) is 9.09.